The van der Waals surface area contributed by atoms with E-state index in [1.807, 2.05) is 0 Å². The Kier molecular flexibility index (Phi) is 2.90. The van der Waals surface area contributed by atoms with E-state index in [2.05, 4.69) is 57.9 Å². The molecule has 2 nitrogen and oxygen atoms in total. The molecule has 96 valence electrons. The maximum atomic E-state index is 13.5. The van der Waals surface area contributed by atoms with Crippen LogP contribution in [-0.2, 0) is 0 Å². The highest BCUT2D eigenvalue weighted by Gasteiger charge is 2.09. The summed E-state index contributed by atoms with van der Waals surface area (Å²) >= 11 is 3.18. The Balaban J connectivity index is 2.20. The van der Waals surface area contributed by atoms with Crippen molar-refractivity contribution in [1.82, 2.24) is 9.97 Å². The summed E-state index contributed by atoms with van der Waals surface area (Å²) < 4.78 is 13.9. The second-order valence-corrected chi connectivity index (χ2v) is 5.60. The van der Waals surface area contributed by atoms with Gasteiger partial charge in [-0.25, -0.2) is 9.37 Å². The molecule has 3 aromatic rings. The Bertz CT molecular complexity index is 718. The lowest BCUT2D eigenvalue weighted by Crippen LogP contribution is -1.84. The van der Waals surface area contributed by atoms with Crippen LogP contribution >= 0.6 is 15.9 Å². The number of H-pyrrole nitrogens is 1. The maximum absolute atomic E-state index is 13.5. The Morgan fingerprint density at radius 2 is 1.74 bits per heavy atom. The first-order chi connectivity index (χ1) is 9.02. The third-order valence-corrected chi connectivity index (χ3v) is 3.63. The Labute approximate surface area is 118 Å². The van der Waals surface area contributed by atoms with Crippen LogP contribution in [0.2, 0.25) is 0 Å². The lowest BCUT2D eigenvalue weighted by molar-refractivity contribution is 0.623. The SMILES string of the molecule is Cc1cc(C)cc(-c2nc3cc(Br)c(F)cc3[nH]2)c1. The molecule has 0 atom stereocenters. The molecule has 0 spiro atoms. The number of hydrogen-bond donors (Lipinski definition) is 1. The minimum atomic E-state index is -0.289. The van der Waals surface area contributed by atoms with Gasteiger partial charge in [0.1, 0.15) is 11.6 Å². The van der Waals surface area contributed by atoms with Gasteiger partial charge >= 0.3 is 0 Å². The fourth-order valence-electron chi connectivity index (χ4n) is 2.25. The van der Waals surface area contributed by atoms with E-state index < -0.39 is 0 Å². The van der Waals surface area contributed by atoms with Gasteiger partial charge in [0.05, 0.1) is 15.5 Å². The molecular weight excluding hydrogens is 307 g/mol. The zero-order valence-corrected chi connectivity index (χ0v) is 12.2. The molecular formula is C15H12BrFN2. The van der Waals surface area contributed by atoms with Gasteiger partial charge in [-0.1, -0.05) is 17.2 Å². The van der Waals surface area contributed by atoms with Crippen LogP contribution in [0.3, 0.4) is 0 Å². The molecule has 0 unspecified atom stereocenters. The number of benzene rings is 2. The Morgan fingerprint density at radius 3 is 2.42 bits per heavy atom. The second kappa shape index (κ2) is 4.46. The Morgan fingerprint density at radius 1 is 1.05 bits per heavy atom. The Hall–Kier alpha value is -1.68. The number of aromatic nitrogens is 2. The highest BCUT2D eigenvalue weighted by molar-refractivity contribution is 9.10. The maximum Gasteiger partial charge on any atom is 0.139 e. The second-order valence-electron chi connectivity index (χ2n) is 4.75. The molecule has 0 saturated heterocycles. The number of fused-ring (bicyclic) bond motifs is 1. The first-order valence-corrected chi connectivity index (χ1v) is 6.75. The summed E-state index contributed by atoms with van der Waals surface area (Å²) in [7, 11) is 0. The molecule has 2 aromatic carbocycles. The van der Waals surface area contributed by atoms with E-state index in [1.165, 1.54) is 17.2 Å². The summed E-state index contributed by atoms with van der Waals surface area (Å²) in [5.41, 5.74) is 4.84. The molecule has 19 heavy (non-hydrogen) atoms. The zero-order chi connectivity index (χ0) is 13.6. The molecule has 0 bridgehead atoms. The number of nitrogens with one attached hydrogen (secondary N) is 1. The average Bonchev–Trinajstić information content (AvgIpc) is 2.71. The van der Waals surface area contributed by atoms with Gasteiger partial charge in [-0.3, -0.25) is 0 Å². The topological polar surface area (TPSA) is 28.7 Å². The van der Waals surface area contributed by atoms with Gasteiger partial charge in [0, 0.05) is 11.6 Å². The third kappa shape index (κ3) is 2.28. The van der Waals surface area contributed by atoms with Gasteiger partial charge in [0.2, 0.25) is 0 Å². The molecule has 3 rings (SSSR count). The van der Waals surface area contributed by atoms with Gasteiger partial charge in [0.25, 0.3) is 0 Å². The van der Waals surface area contributed by atoms with E-state index in [-0.39, 0.29) is 5.82 Å². The van der Waals surface area contributed by atoms with Gasteiger partial charge in [-0.15, -0.1) is 0 Å². The minimum absolute atomic E-state index is 0.289. The number of imidazole rings is 1. The summed E-state index contributed by atoms with van der Waals surface area (Å²) in [6.45, 7) is 4.10. The quantitative estimate of drug-likeness (QED) is 0.689. The molecule has 1 aromatic heterocycles. The molecule has 0 aliphatic rings. The minimum Gasteiger partial charge on any atom is -0.338 e. The summed E-state index contributed by atoms with van der Waals surface area (Å²) in [4.78, 5) is 7.68. The monoisotopic (exact) mass is 318 g/mol. The fraction of sp³-hybridized carbons (Fsp3) is 0.133. The van der Waals surface area contributed by atoms with Gasteiger partial charge in [-0.2, -0.15) is 0 Å². The summed E-state index contributed by atoms with van der Waals surface area (Å²) in [6.07, 6.45) is 0. The lowest BCUT2D eigenvalue weighted by Gasteiger charge is -2.01. The van der Waals surface area contributed by atoms with Crippen molar-refractivity contribution in [2.45, 2.75) is 13.8 Å². The molecule has 0 radical (unpaired) electrons. The highest BCUT2D eigenvalue weighted by Crippen LogP contribution is 2.26. The van der Waals surface area contributed by atoms with Crippen molar-refractivity contribution >= 4 is 27.0 Å². The van der Waals surface area contributed by atoms with Crippen LogP contribution in [0, 0.1) is 19.7 Å². The van der Waals surface area contributed by atoms with E-state index >= 15 is 0 Å². The van der Waals surface area contributed by atoms with Crippen molar-refractivity contribution < 1.29 is 4.39 Å². The molecule has 1 heterocycles. The summed E-state index contributed by atoms with van der Waals surface area (Å²) in [5.74, 6) is 0.474. The van der Waals surface area contributed by atoms with Crippen LogP contribution in [0.4, 0.5) is 4.39 Å². The van der Waals surface area contributed by atoms with Crippen LogP contribution in [0.5, 0.6) is 0 Å². The molecule has 0 aliphatic heterocycles. The van der Waals surface area contributed by atoms with Crippen molar-refractivity contribution in [3.05, 3.63) is 51.7 Å². The fourth-order valence-corrected chi connectivity index (χ4v) is 2.58. The van der Waals surface area contributed by atoms with Crippen LogP contribution < -0.4 is 0 Å². The number of aromatic amines is 1. The summed E-state index contributed by atoms with van der Waals surface area (Å²) in [5, 5.41) is 0. The number of halogens is 2. The molecule has 0 saturated carbocycles. The lowest BCUT2D eigenvalue weighted by atomic mass is 10.1. The van der Waals surface area contributed by atoms with E-state index in [0.717, 1.165) is 16.9 Å². The van der Waals surface area contributed by atoms with Gasteiger partial charge in [-0.05, 0) is 48.0 Å². The van der Waals surface area contributed by atoms with Crippen molar-refractivity contribution in [2.24, 2.45) is 0 Å². The van der Waals surface area contributed by atoms with E-state index in [0.29, 0.717) is 9.99 Å². The van der Waals surface area contributed by atoms with Crippen molar-refractivity contribution in [3.8, 4) is 11.4 Å². The molecule has 0 fully saturated rings. The highest BCUT2D eigenvalue weighted by atomic mass is 79.9. The largest absolute Gasteiger partial charge is 0.338 e. The van der Waals surface area contributed by atoms with E-state index in [1.54, 1.807) is 6.07 Å². The average molecular weight is 319 g/mol. The van der Waals surface area contributed by atoms with Crippen molar-refractivity contribution in [3.63, 3.8) is 0 Å². The smallest absolute Gasteiger partial charge is 0.139 e. The predicted octanol–water partition coefficient (Wildman–Crippen LogP) is 4.75. The van der Waals surface area contributed by atoms with Crippen LogP contribution in [0.1, 0.15) is 11.1 Å². The molecule has 4 heteroatoms. The third-order valence-electron chi connectivity index (χ3n) is 3.02. The van der Waals surface area contributed by atoms with E-state index in [4.69, 9.17) is 0 Å². The van der Waals surface area contributed by atoms with Crippen LogP contribution in [0.15, 0.2) is 34.8 Å². The van der Waals surface area contributed by atoms with Crippen LogP contribution in [0.25, 0.3) is 22.4 Å². The van der Waals surface area contributed by atoms with Gasteiger partial charge < -0.3 is 4.98 Å². The van der Waals surface area contributed by atoms with E-state index in [9.17, 15) is 4.39 Å². The van der Waals surface area contributed by atoms with Crippen molar-refractivity contribution in [2.75, 3.05) is 0 Å². The number of nitrogens with zero attached hydrogens (tertiary/aromatic N) is 1. The number of hydrogen-bond acceptors (Lipinski definition) is 1. The normalized spacial score (nSPS) is 11.2. The predicted molar refractivity (Wildman–Crippen MR) is 78.7 cm³/mol. The molecule has 1 N–H and O–H groups in total. The van der Waals surface area contributed by atoms with Gasteiger partial charge in [0.15, 0.2) is 0 Å². The first kappa shape index (κ1) is 12.4. The molecule has 0 aliphatic carbocycles. The number of rotatable bonds is 1. The number of aryl methyl sites for hydroxylation is 2. The standard InChI is InChI=1S/C15H12BrFN2/c1-8-3-9(2)5-10(4-8)15-18-13-6-11(16)12(17)7-14(13)19-15/h3-7H,1-2H3,(H,18,19). The zero-order valence-electron chi connectivity index (χ0n) is 10.6. The van der Waals surface area contributed by atoms with Crippen LogP contribution in [-0.4, -0.2) is 9.97 Å². The van der Waals surface area contributed by atoms with Crippen molar-refractivity contribution in [1.29, 1.82) is 0 Å². The molecule has 0 amide bonds. The first-order valence-electron chi connectivity index (χ1n) is 5.96. The summed E-state index contributed by atoms with van der Waals surface area (Å²) in [6, 6.07) is 9.39.